The van der Waals surface area contributed by atoms with Gasteiger partial charge in [-0.2, -0.15) is 0 Å². The van der Waals surface area contributed by atoms with E-state index in [0.717, 1.165) is 12.2 Å². The highest BCUT2D eigenvalue weighted by molar-refractivity contribution is 5.98. The molecule has 144 valence electrons. The third-order valence-electron chi connectivity index (χ3n) is 3.75. The van der Waals surface area contributed by atoms with Crippen LogP contribution in [0.2, 0.25) is 0 Å². The molecule has 2 aromatic carbocycles. The van der Waals surface area contributed by atoms with E-state index in [1.54, 1.807) is 24.3 Å². The Bertz CT molecular complexity index is 760. The summed E-state index contributed by atoms with van der Waals surface area (Å²) in [6.07, 6.45) is 0.929. The van der Waals surface area contributed by atoms with Crippen molar-refractivity contribution in [3.05, 3.63) is 59.7 Å². The van der Waals surface area contributed by atoms with Crippen molar-refractivity contribution in [3.8, 4) is 11.5 Å². The summed E-state index contributed by atoms with van der Waals surface area (Å²) in [5, 5.41) is 2.54. The van der Waals surface area contributed by atoms with Gasteiger partial charge in [-0.25, -0.2) is 0 Å². The minimum atomic E-state index is -0.525. The lowest BCUT2D eigenvalue weighted by molar-refractivity contribution is -0.143. The van der Waals surface area contributed by atoms with Crippen molar-refractivity contribution < 1.29 is 23.8 Å². The van der Waals surface area contributed by atoms with E-state index in [1.807, 2.05) is 31.2 Å². The second-order valence-corrected chi connectivity index (χ2v) is 5.68. The summed E-state index contributed by atoms with van der Waals surface area (Å²) in [4.78, 5) is 24.0. The highest BCUT2D eigenvalue weighted by atomic mass is 16.6. The number of hydrogen-bond acceptors (Lipinski definition) is 5. The number of rotatable bonds is 10. The zero-order valence-electron chi connectivity index (χ0n) is 15.7. The molecule has 2 rings (SSSR count). The van der Waals surface area contributed by atoms with Gasteiger partial charge < -0.3 is 19.5 Å². The average Bonchev–Trinajstić information content (AvgIpc) is 2.70. The fourth-order valence-electron chi connectivity index (χ4n) is 2.40. The van der Waals surface area contributed by atoms with E-state index in [0.29, 0.717) is 17.9 Å². The summed E-state index contributed by atoms with van der Waals surface area (Å²) in [7, 11) is 0. The van der Waals surface area contributed by atoms with Crippen molar-refractivity contribution in [1.82, 2.24) is 5.32 Å². The first-order valence-electron chi connectivity index (χ1n) is 9.01. The van der Waals surface area contributed by atoms with Gasteiger partial charge in [0.15, 0.2) is 0 Å². The maximum atomic E-state index is 12.2. The zero-order chi connectivity index (χ0) is 19.5. The van der Waals surface area contributed by atoms with Gasteiger partial charge in [-0.1, -0.05) is 31.2 Å². The van der Waals surface area contributed by atoms with Gasteiger partial charge in [0.05, 0.1) is 12.2 Å². The van der Waals surface area contributed by atoms with Crippen LogP contribution in [0.25, 0.3) is 0 Å². The third kappa shape index (κ3) is 6.66. The fourth-order valence-corrected chi connectivity index (χ4v) is 2.40. The molecule has 1 N–H and O–H groups in total. The van der Waals surface area contributed by atoms with E-state index in [-0.39, 0.29) is 25.7 Å². The quantitative estimate of drug-likeness (QED) is 0.513. The van der Waals surface area contributed by atoms with Crippen molar-refractivity contribution in [1.29, 1.82) is 0 Å². The van der Waals surface area contributed by atoms with Crippen LogP contribution in [0.15, 0.2) is 48.5 Å². The lowest BCUT2D eigenvalue weighted by Gasteiger charge is -2.11. The summed E-state index contributed by atoms with van der Waals surface area (Å²) in [6, 6.07) is 14.6. The molecular formula is C21H25NO5. The van der Waals surface area contributed by atoms with Crippen molar-refractivity contribution >= 4 is 11.9 Å². The zero-order valence-corrected chi connectivity index (χ0v) is 15.7. The summed E-state index contributed by atoms with van der Waals surface area (Å²) < 4.78 is 16.0. The average molecular weight is 371 g/mol. The number of hydrogen-bond donors (Lipinski definition) is 1. The molecule has 6 heteroatoms. The molecule has 0 saturated carbocycles. The predicted octanol–water partition coefficient (Wildman–Crippen LogP) is 3.00. The molecule has 27 heavy (non-hydrogen) atoms. The minimum Gasteiger partial charge on any atom is -0.493 e. The van der Waals surface area contributed by atoms with Crippen LogP contribution < -0.4 is 14.8 Å². The van der Waals surface area contributed by atoms with Crippen LogP contribution in [-0.4, -0.2) is 38.2 Å². The number of esters is 1. The second kappa shape index (κ2) is 10.9. The van der Waals surface area contributed by atoms with Crippen LogP contribution in [0.4, 0.5) is 0 Å². The first-order chi connectivity index (χ1) is 13.1. The van der Waals surface area contributed by atoms with E-state index in [9.17, 15) is 9.59 Å². The van der Waals surface area contributed by atoms with E-state index >= 15 is 0 Å². The third-order valence-corrected chi connectivity index (χ3v) is 3.75. The molecule has 0 radical (unpaired) electrons. The Morgan fingerprint density at radius 1 is 0.963 bits per heavy atom. The summed E-state index contributed by atoms with van der Waals surface area (Å²) >= 11 is 0. The minimum absolute atomic E-state index is 0.112. The fraction of sp³-hybridized carbons (Fsp3) is 0.333. The Hall–Kier alpha value is -3.02. The Kier molecular flexibility index (Phi) is 8.16. The van der Waals surface area contributed by atoms with Gasteiger partial charge >= 0.3 is 5.97 Å². The smallest absolute Gasteiger partial charge is 0.325 e. The van der Waals surface area contributed by atoms with Gasteiger partial charge in [0.25, 0.3) is 5.91 Å². The van der Waals surface area contributed by atoms with Gasteiger partial charge in [0.1, 0.15) is 31.3 Å². The molecule has 0 aliphatic carbocycles. The number of para-hydroxylation sites is 1. The molecule has 0 fully saturated rings. The number of carbonyl (C=O) groups is 2. The summed E-state index contributed by atoms with van der Waals surface area (Å²) in [6.45, 7) is 4.51. The van der Waals surface area contributed by atoms with Crippen LogP contribution in [0, 0.1) is 0 Å². The summed E-state index contributed by atoms with van der Waals surface area (Å²) in [5.74, 6) is 0.312. The largest absolute Gasteiger partial charge is 0.493 e. The first kappa shape index (κ1) is 20.3. The molecule has 0 aliphatic heterocycles. The summed E-state index contributed by atoms with van der Waals surface area (Å²) in [5.41, 5.74) is 1.56. The van der Waals surface area contributed by atoms with Crippen LogP contribution in [0.5, 0.6) is 11.5 Å². The molecule has 0 unspecified atom stereocenters. The topological polar surface area (TPSA) is 73.9 Å². The standard InChI is InChI=1S/C21H25NO5/c1-3-16-8-7-9-17(14-16)26-12-13-27-20(23)15-22-21(24)18-10-5-6-11-19(18)25-4-2/h5-11,14H,3-4,12-13,15H2,1-2H3,(H,22,24). The molecule has 0 aromatic heterocycles. The number of ether oxygens (including phenoxy) is 3. The van der Waals surface area contributed by atoms with Gasteiger partial charge in [-0.3, -0.25) is 9.59 Å². The number of nitrogens with one attached hydrogen (secondary N) is 1. The predicted molar refractivity (Wildman–Crippen MR) is 102 cm³/mol. The molecule has 2 aromatic rings. The normalized spacial score (nSPS) is 10.1. The molecule has 6 nitrogen and oxygen atoms in total. The Balaban J connectivity index is 1.71. The van der Waals surface area contributed by atoms with Crippen molar-refractivity contribution in [2.24, 2.45) is 0 Å². The Labute approximate surface area is 159 Å². The van der Waals surface area contributed by atoms with Crippen molar-refractivity contribution in [3.63, 3.8) is 0 Å². The van der Waals surface area contributed by atoms with Crippen LogP contribution in [0.1, 0.15) is 29.8 Å². The lowest BCUT2D eigenvalue weighted by atomic mass is 10.2. The number of aryl methyl sites for hydroxylation is 1. The van der Waals surface area contributed by atoms with E-state index in [4.69, 9.17) is 14.2 Å². The SMILES string of the molecule is CCOc1ccccc1C(=O)NCC(=O)OCCOc1cccc(CC)c1. The Morgan fingerprint density at radius 2 is 1.78 bits per heavy atom. The van der Waals surface area contributed by atoms with Gasteiger partial charge in [0, 0.05) is 0 Å². The van der Waals surface area contributed by atoms with Crippen molar-refractivity contribution in [2.45, 2.75) is 20.3 Å². The van der Waals surface area contributed by atoms with Crippen LogP contribution in [0.3, 0.4) is 0 Å². The number of carbonyl (C=O) groups excluding carboxylic acids is 2. The first-order valence-corrected chi connectivity index (χ1v) is 9.01. The van der Waals surface area contributed by atoms with Crippen LogP contribution in [-0.2, 0) is 16.0 Å². The van der Waals surface area contributed by atoms with Gasteiger partial charge in [-0.05, 0) is 43.2 Å². The molecule has 0 heterocycles. The van der Waals surface area contributed by atoms with Gasteiger partial charge in [-0.15, -0.1) is 0 Å². The van der Waals surface area contributed by atoms with Gasteiger partial charge in [0.2, 0.25) is 0 Å². The van der Waals surface area contributed by atoms with E-state index in [2.05, 4.69) is 12.2 Å². The lowest BCUT2D eigenvalue weighted by Crippen LogP contribution is -2.31. The van der Waals surface area contributed by atoms with Crippen LogP contribution >= 0.6 is 0 Å². The molecule has 0 aliphatic rings. The van der Waals surface area contributed by atoms with E-state index < -0.39 is 5.97 Å². The molecule has 0 saturated heterocycles. The monoisotopic (exact) mass is 371 g/mol. The molecule has 0 spiro atoms. The maximum Gasteiger partial charge on any atom is 0.325 e. The highest BCUT2D eigenvalue weighted by Gasteiger charge is 2.13. The molecule has 0 atom stereocenters. The van der Waals surface area contributed by atoms with Crippen molar-refractivity contribution in [2.75, 3.05) is 26.4 Å². The maximum absolute atomic E-state index is 12.2. The highest BCUT2D eigenvalue weighted by Crippen LogP contribution is 2.17. The van der Waals surface area contributed by atoms with E-state index in [1.165, 1.54) is 5.56 Å². The second-order valence-electron chi connectivity index (χ2n) is 5.68. The molecule has 0 bridgehead atoms. The molecule has 1 amide bonds. The Morgan fingerprint density at radius 3 is 2.56 bits per heavy atom. The number of benzene rings is 2. The molecular weight excluding hydrogens is 346 g/mol. The number of amides is 1.